The van der Waals surface area contributed by atoms with Gasteiger partial charge in [-0.05, 0) is 24.6 Å². The van der Waals surface area contributed by atoms with E-state index in [1.165, 1.54) is 32.2 Å². The second-order valence-electron chi connectivity index (χ2n) is 4.35. The molecule has 1 aromatic rings. The highest BCUT2D eigenvalue weighted by Gasteiger charge is 2.27. The number of hydrogen-bond acceptors (Lipinski definition) is 5. The van der Waals surface area contributed by atoms with Crippen molar-refractivity contribution in [2.75, 3.05) is 33.4 Å². The van der Waals surface area contributed by atoms with Crippen LogP contribution in [0.15, 0.2) is 23.1 Å². The Morgan fingerprint density at radius 1 is 1.33 bits per heavy atom. The van der Waals surface area contributed by atoms with Crippen molar-refractivity contribution in [3.63, 3.8) is 0 Å². The van der Waals surface area contributed by atoms with Gasteiger partial charge in [0.1, 0.15) is 0 Å². The summed E-state index contributed by atoms with van der Waals surface area (Å²) in [5.41, 5.74) is 0.108. The van der Waals surface area contributed by atoms with E-state index in [1.807, 2.05) is 0 Å². The third-order valence-corrected chi connectivity index (χ3v) is 5.07. The van der Waals surface area contributed by atoms with Gasteiger partial charge in [0.15, 0.2) is 0 Å². The summed E-state index contributed by atoms with van der Waals surface area (Å²) in [5.74, 6) is -1.19. The number of carboxylic acids is 1. The van der Waals surface area contributed by atoms with E-state index in [0.29, 0.717) is 0 Å². The summed E-state index contributed by atoms with van der Waals surface area (Å²) in [6.07, 6.45) is 0. The number of carbonyl (C=O) groups is 1. The van der Waals surface area contributed by atoms with E-state index in [2.05, 4.69) is 0 Å². The van der Waals surface area contributed by atoms with Crippen molar-refractivity contribution in [2.24, 2.45) is 0 Å². The Balaban J connectivity index is 3.27. The molecule has 0 unspecified atom stereocenters. The maximum absolute atomic E-state index is 12.6. The first kappa shape index (κ1) is 17.6. The molecule has 1 aromatic carbocycles. The first-order chi connectivity index (χ1) is 9.86. The van der Waals surface area contributed by atoms with Crippen molar-refractivity contribution in [2.45, 2.75) is 11.8 Å². The van der Waals surface area contributed by atoms with Crippen LogP contribution in [0, 0.1) is 6.92 Å². The molecule has 21 heavy (non-hydrogen) atoms. The lowest BCUT2D eigenvalue weighted by Gasteiger charge is -2.22. The normalized spacial score (nSPS) is 11.8. The summed E-state index contributed by atoms with van der Waals surface area (Å²) in [7, 11) is -2.45. The first-order valence-electron chi connectivity index (χ1n) is 6.29. The molecule has 1 rings (SSSR count). The maximum Gasteiger partial charge on any atom is 0.335 e. The molecule has 0 aromatic heterocycles. The Labute approximate surface area is 123 Å². The second-order valence-corrected chi connectivity index (χ2v) is 6.26. The lowest BCUT2D eigenvalue weighted by Crippen LogP contribution is -2.36. The molecule has 8 heteroatoms. The van der Waals surface area contributed by atoms with Crippen LogP contribution >= 0.6 is 0 Å². The summed E-state index contributed by atoms with van der Waals surface area (Å²) in [5, 5.41) is 18.1. The number of aliphatic hydroxyl groups excluding tert-OH is 1. The number of nitrogens with zero attached hydrogens (tertiary/aromatic N) is 1. The zero-order valence-corrected chi connectivity index (χ0v) is 12.8. The van der Waals surface area contributed by atoms with Gasteiger partial charge in [0.05, 0.1) is 23.7 Å². The van der Waals surface area contributed by atoms with Gasteiger partial charge in [-0.15, -0.1) is 0 Å². The van der Waals surface area contributed by atoms with Crippen molar-refractivity contribution in [1.82, 2.24) is 4.31 Å². The van der Waals surface area contributed by atoms with Crippen LogP contribution in [-0.4, -0.2) is 62.3 Å². The van der Waals surface area contributed by atoms with Gasteiger partial charge in [-0.2, -0.15) is 4.31 Å². The predicted molar refractivity (Wildman–Crippen MR) is 75.9 cm³/mol. The van der Waals surface area contributed by atoms with Gasteiger partial charge >= 0.3 is 5.97 Å². The molecule has 0 aliphatic carbocycles. The van der Waals surface area contributed by atoms with Gasteiger partial charge < -0.3 is 14.9 Å². The monoisotopic (exact) mass is 317 g/mol. The maximum atomic E-state index is 12.6. The number of benzene rings is 1. The van der Waals surface area contributed by atoms with Crippen LogP contribution in [0.4, 0.5) is 0 Å². The molecular formula is C13H19NO6S. The summed E-state index contributed by atoms with van der Waals surface area (Å²) in [4.78, 5) is 11.0. The van der Waals surface area contributed by atoms with E-state index in [0.717, 1.165) is 4.31 Å². The molecule has 0 heterocycles. The molecule has 0 atom stereocenters. The van der Waals surface area contributed by atoms with Crippen LogP contribution in [0.1, 0.15) is 15.9 Å². The van der Waals surface area contributed by atoms with Crippen molar-refractivity contribution >= 4 is 16.0 Å². The topological polar surface area (TPSA) is 104 Å². The number of methoxy groups -OCH3 is 1. The van der Waals surface area contributed by atoms with Gasteiger partial charge in [0.25, 0.3) is 0 Å². The SMILES string of the molecule is COCCN(CCO)S(=O)(=O)c1cccc(C(=O)O)c1C. The molecule has 7 nitrogen and oxygen atoms in total. The number of hydrogen-bond donors (Lipinski definition) is 2. The van der Waals surface area contributed by atoms with E-state index in [-0.39, 0.29) is 42.3 Å². The second kappa shape index (κ2) is 7.51. The average Bonchev–Trinajstić information content (AvgIpc) is 2.42. The zero-order valence-electron chi connectivity index (χ0n) is 11.9. The average molecular weight is 317 g/mol. The Morgan fingerprint density at radius 2 is 2.00 bits per heavy atom. The highest BCUT2D eigenvalue weighted by atomic mass is 32.2. The fourth-order valence-electron chi connectivity index (χ4n) is 1.92. The Bertz CT molecular complexity index is 599. The first-order valence-corrected chi connectivity index (χ1v) is 7.73. The molecule has 0 amide bonds. The third-order valence-electron chi connectivity index (χ3n) is 3.03. The lowest BCUT2D eigenvalue weighted by atomic mass is 10.1. The van der Waals surface area contributed by atoms with Crippen LogP contribution in [0.5, 0.6) is 0 Å². The van der Waals surface area contributed by atoms with Crippen LogP contribution in [0.3, 0.4) is 0 Å². The van der Waals surface area contributed by atoms with Crippen LogP contribution < -0.4 is 0 Å². The minimum absolute atomic E-state index is 0.0632. The smallest absolute Gasteiger partial charge is 0.335 e. The Hall–Kier alpha value is -1.48. The molecule has 0 aliphatic rings. The van der Waals surface area contributed by atoms with Crippen molar-refractivity contribution in [3.8, 4) is 0 Å². The van der Waals surface area contributed by atoms with Crippen LogP contribution in [-0.2, 0) is 14.8 Å². The van der Waals surface area contributed by atoms with E-state index in [9.17, 15) is 13.2 Å². The van der Waals surface area contributed by atoms with E-state index < -0.39 is 16.0 Å². The fourth-order valence-corrected chi connectivity index (χ4v) is 3.58. The largest absolute Gasteiger partial charge is 0.478 e. The zero-order chi connectivity index (χ0) is 16.0. The standard InChI is InChI=1S/C13H19NO6S/c1-10-11(13(16)17)4-3-5-12(10)21(18,19)14(6-8-15)7-9-20-2/h3-5,15H,6-9H2,1-2H3,(H,16,17). The van der Waals surface area contributed by atoms with Crippen molar-refractivity contribution in [1.29, 1.82) is 0 Å². The molecule has 0 fully saturated rings. The number of aliphatic hydroxyl groups is 1. The number of sulfonamides is 1. The molecule has 0 spiro atoms. The number of ether oxygens (including phenoxy) is 1. The number of aromatic carboxylic acids is 1. The van der Waals surface area contributed by atoms with E-state index in [1.54, 1.807) is 0 Å². The number of rotatable bonds is 8. The highest BCUT2D eigenvalue weighted by molar-refractivity contribution is 7.89. The summed E-state index contributed by atoms with van der Waals surface area (Å²) < 4.78 is 31.1. The van der Waals surface area contributed by atoms with Gasteiger partial charge in [0, 0.05) is 20.2 Å². The molecule has 0 aliphatic heterocycles. The lowest BCUT2D eigenvalue weighted by molar-refractivity contribution is 0.0695. The fraction of sp³-hybridized carbons (Fsp3) is 0.462. The summed E-state index contributed by atoms with van der Waals surface area (Å²) in [6.45, 7) is 1.29. The van der Waals surface area contributed by atoms with Gasteiger partial charge in [-0.3, -0.25) is 0 Å². The summed E-state index contributed by atoms with van der Waals surface area (Å²) in [6, 6.07) is 4.09. The van der Waals surface area contributed by atoms with Gasteiger partial charge in [-0.1, -0.05) is 6.07 Å². The minimum atomic E-state index is -3.89. The third kappa shape index (κ3) is 4.01. The number of carboxylic acid groups (broad SMARTS) is 1. The van der Waals surface area contributed by atoms with Gasteiger partial charge in [-0.25, -0.2) is 13.2 Å². The Morgan fingerprint density at radius 3 is 2.52 bits per heavy atom. The van der Waals surface area contributed by atoms with Crippen LogP contribution in [0.2, 0.25) is 0 Å². The molecule has 0 radical (unpaired) electrons. The molecular weight excluding hydrogens is 298 g/mol. The van der Waals surface area contributed by atoms with Crippen molar-refractivity contribution < 1.29 is 28.2 Å². The van der Waals surface area contributed by atoms with Crippen LogP contribution in [0.25, 0.3) is 0 Å². The van der Waals surface area contributed by atoms with E-state index >= 15 is 0 Å². The highest BCUT2D eigenvalue weighted by Crippen LogP contribution is 2.22. The quantitative estimate of drug-likeness (QED) is 0.716. The summed E-state index contributed by atoms with van der Waals surface area (Å²) >= 11 is 0. The predicted octanol–water partition coefficient (Wildman–Crippen LogP) is 0.323. The Kier molecular flexibility index (Phi) is 6.28. The van der Waals surface area contributed by atoms with Crippen molar-refractivity contribution in [3.05, 3.63) is 29.3 Å². The molecule has 0 bridgehead atoms. The molecule has 2 N–H and O–H groups in total. The van der Waals surface area contributed by atoms with Gasteiger partial charge in [0.2, 0.25) is 10.0 Å². The minimum Gasteiger partial charge on any atom is -0.478 e. The molecule has 0 saturated heterocycles. The molecule has 0 saturated carbocycles. The van der Waals surface area contributed by atoms with E-state index in [4.69, 9.17) is 14.9 Å². The molecule has 118 valence electrons.